The van der Waals surface area contributed by atoms with Gasteiger partial charge in [0, 0.05) is 18.2 Å². The van der Waals surface area contributed by atoms with Crippen molar-refractivity contribution < 1.29 is 23.9 Å². The van der Waals surface area contributed by atoms with Gasteiger partial charge in [0.1, 0.15) is 23.9 Å². The number of nitrogens with one attached hydrogen (secondary N) is 1. The molecule has 0 heterocycles. The largest absolute Gasteiger partial charge is 0.497 e. The average molecular weight is 435 g/mol. The van der Waals surface area contributed by atoms with Crippen LogP contribution in [-0.4, -0.2) is 31.3 Å². The minimum atomic E-state index is -0.447. The first-order valence-corrected chi connectivity index (χ1v) is 9.52. The number of nitro benzene ring substituents is 1. The first-order chi connectivity index (χ1) is 15.5. The average Bonchev–Trinajstić information content (AvgIpc) is 2.82. The first kappa shape index (κ1) is 22.3. The zero-order valence-corrected chi connectivity index (χ0v) is 17.5. The van der Waals surface area contributed by atoms with Crippen molar-refractivity contribution in [3.63, 3.8) is 0 Å². The molecule has 0 aromatic heterocycles. The number of carbonyl (C=O) groups is 1. The van der Waals surface area contributed by atoms with E-state index in [1.54, 1.807) is 48.5 Å². The fourth-order valence-electron chi connectivity index (χ4n) is 2.78. The molecular weight excluding hydrogens is 414 g/mol. The molecule has 32 heavy (non-hydrogen) atoms. The van der Waals surface area contributed by atoms with Crippen LogP contribution in [0.3, 0.4) is 0 Å². The van der Waals surface area contributed by atoms with Crippen molar-refractivity contribution in [3.05, 3.63) is 93.5 Å². The number of hydrazone groups is 1. The maximum Gasteiger partial charge on any atom is 0.275 e. The lowest BCUT2D eigenvalue weighted by atomic mass is 10.2. The molecule has 0 aliphatic heterocycles. The van der Waals surface area contributed by atoms with Gasteiger partial charge in [0.2, 0.25) is 0 Å². The lowest BCUT2D eigenvalue weighted by Crippen LogP contribution is -2.18. The number of carbonyl (C=O) groups excluding carboxylic acids is 1. The number of ether oxygens (including phenoxy) is 3. The SMILES string of the molecule is COc1ccc(C(=O)NN=Cc2cccc(OCc3ccc([N+](=O)[O-])cc3)c2)c(OC)c1. The minimum Gasteiger partial charge on any atom is -0.497 e. The van der Waals surface area contributed by atoms with E-state index < -0.39 is 10.8 Å². The molecule has 3 rings (SSSR count). The van der Waals surface area contributed by atoms with Crippen molar-refractivity contribution in [1.82, 2.24) is 5.43 Å². The molecule has 0 aliphatic rings. The van der Waals surface area contributed by atoms with Crippen LogP contribution in [0.2, 0.25) is 0 Å². The van der Waals surface area contributed by atoms with Crippen molar-refractivity contribution >= 4 is 17.8 Å². The highest BCUT2D eigenvalue weighted by Gasteiger charge is 2.12. The highest BCUT2D eigenvalue weighted by atomic mass is 16.6. The second-order valence-corrected chi connectivity index (χ2v) is 6.55. The number of methoxy groups -OCH3 is 2. The molecule has 9 nitrogen and oxygen atoms in total. The molecule has 3 aromatic carbocycles. The molecule has 1 N–H and O–H groups in total. The molecule has 9 heteroatoms. The summed E-state index contributed by atoms with van der Waals surface area (Å²) in [6, 6.07) is 18.2. The summed E-state index contributed by atoms with van der Waals surface area (Å²) in [4.78, 5) is 22.7. The van der Waals surface area contributed by atoms with E-state index in [1.165, 1.54) is 32.6 Å². The number of hydrogen-bond donors (Lipinski definition) is 1. The summed E-state index contributed by atoms with van der Waals surface area (Å²) in [5, 5.41) is 14.7. The third-order valence-corrected chi connectivity index (χ3v) is 4.44. The third-order valence-electron chi connectivity index (χ3n) is 4.44. The Balaban J connectivity index is 1.59. The van der Waals surface area contributed by atoms with Gasteiger partial charge in [0.05, 0.1) is 30.9 Å². The van der Waals surface area contributed by atoms with E-state index >= 15 is 0 Å². The van der Waals surface area contributed by atoms with Crippen LogP contribution in [0.15, 0.2) is 71.8 Å². The number of nitrogens with zero attached hydrogens (tertiary/aromatic N) is 2. The van der Waals surface area contributed by atoms with Crippen molar-refractivity contribution in [3.8, 4) is 17.2 Å². The third kappa shape index (κ3) is 5.82. The Morgan fingerprint density at radius 3 is 2.50 bits per heavy atom. The van der Waals surface area contributed by atoms with Crippen LogP contribution >= 0.6 is 0 Å². The van der Waals surface area contributed by atoms with Gasteiger partial charge in [0.15, 0.2) is 0 Å². The summed E-state index contributed by atoms with van der Waals surface area (Å²) in [5.41, 5.74) is 4.34. The number of rotatable bonds is 9. The van der Waals surface area contributed by atoms with Gasteiger partial charge in [-0.3, -0.25) is 14.9 Å². The normalized spacial score (nSPS) is 10.6. The maximum atomic E-state index is 12.4. The summed E-state index contributed by atoms with van der Waals surface area (Å²) >= 11 is 0. The van der Waals surface area contributed by atoms with Crippen LogP contribution in [0.25, 0.3) is 0 Å². The molecule has 0 atom stereocenters. The second kappa shape index (κ2) is 10.6. The van der Waals surface area contributed by atoms with E-state index in [0.717, 1.165) is 5.56 Å². The van der Waals surface area contributed by atoms with Gasteiger partial charge in [-0.15, -0.1) is 0 Å². The zero-order chi connectivity index (χ0) is 22.9. The fourth-order valence-corrected chi connectivity index (χ4v) is 2.78. The summed E-state index contributed by atoms with van der Waals surface area (Å²) < 4.78 is 16.1. The Morgan fingerprint density at radius 1 is 1.03 bits per heavy atom. The van der Waals surface area contributed by atoms with E-state index in [1.807, 2.05) is 6.07 Å². The summed E-state index contributed by atoms with van der Waals surface area (Å²) in [7, 11) is 3.00. The highest BCUT2D eigenvalue weighted by molar-refractivity contribution is 5.97. The molecule has 0 aliphatic carbocycles. The molecule has 1 amide bonds. The Labute approximate surface area is 184 Å². The number of hydrogen-bond acceptors (Lipinski definition) is 7. The number of benzene rings is 3. The van der Waals surface area contributed by atoms with E-state index in [2.05, 4.69) is 10.5 Å². The van der Waals surface area contributed by atoms with Crippen LogP contribution in [0.4, 0.5) is 5.69 Å². The summed E-state index contributed by atoms with van der Waals surface area (Å²) in [5.74, 6) is 1.12. The molecule has 0 saturated carbocycles. The molecule has 0 saturated heterocycles. The van der Waals surface area contributed by atoms with Crippen LogP contribution in [0.1, 0.15) is 21.5 Å². The van der Waals surface area contributed by atoms with E-state index in [9.17, 15) is 14.9 Å². The van der Waals surface area contributed by atoms with Gasteiger partial charge < -0.3 is 14.2 Å². The van der Waals surface area contributed by atoms with Crippen LogP contribution < -0.4 is 19.6 Å². The Hall–Kier alpha value is -4.40. The molecule has 0 unspecified atom stereocenters. The predicted molar refractivity (Wildman–Crippen MR) is 118 cm³/mol. The number of nitro groups is 1. The van der Waals surface area contributed by atoms with Gasteiger partial charge in [-0.05, 0) is 47.5 Å². The highest BCUT2D eigenvalue weighted by Crippen LogP contribution is 2.24. The molecular formula is C23H21N3O6. The standard InChI is InChI=1S/C23H21N3O6/c1-30-19-10-11-21(22(13-19)31-2)23(27)25-24-14-17-4-3-5-20(12-17)32-15-16-6-8-18(9-7-16)26(28)29/h3-14H,15H2,1-2H3,(H,25,27). The van der Waals surface area contributed by atoms with Gasteiger partial charge in [-0.2, -0.15) is 5.10 Å². The fraction of sp³-hybridized carbons (Fsp3) is 0.130. The maximum absolute atomic E-state index is 12.4. The van der Waals surface area contributed by atoms with E-state index in [4.69, 9.17) is 14.2 Å². The summed E-state index contributed by atoms with van der Waals surface area (Å²) in [6.07, 6.45) is 1.49. The van der Waals surface area contributed by atoms with Crippen LogP contribution in [-0.2, 0) is 6.61 Å². The quantitative estimate of drug-likeness (QED) is 0.309. The van der Waals surface area contributed by atoms with Crippen LogP contribution in [0.5, 0.6) is 17.2 Å². The Bertz CT molecular complexity index is 1130. The smallest absolute Gasteiger partial charge is 0.275 e. The van der Waals surface area contributed by atoms with Crippen molar-refractivity contribution in [2.75, 3.05) is 14.2 Å². The van der Waals surface area contributed by atoms with Crippen LogP contribution in [0, 0.1) is 10.1 Å². The second-order valence-electron chi connectivity index (χ2n) is 6.55. The molecule has 0 spiro atoms. The molecule has 164 valence electrons. The van der Waals surface area contributed by atoms with Gasteiger partial charge in [0.25, 0.3) is 11.6 Å². The molecule has 0 radical (unpaired) electrons. The van der Waals surface area contributed by atoms with Crippen molar-refractivity contribution in [2.45, 2.75) is 6.61 Å². The number of non-ortho nitro benzene ring substituents is 1. The molecule has 3 aromatic rings. The summed E-state index contributed by atoms with van der Waals surface area (Å²) in [6.45, 7) is 0.257. The van der Waals surface area contributed by atoms with E-state index in [0.29, 0.717) is 28.4 Å². The minimum absolute atomic E-state index is 0.0290. The number of amides is 1. The van der Waals surface area contributed by atoms with Gasteiger partial charge in [-0.25, -0.2) is 5.43 Å². The monoisotopic (exact) mass is 435 g/mol. The Kier molecular flexibility index (Phi) is 7.37. The topological polar surface area (TPSA) is 112 Å². The van der Waals surface area contributed by atoms with Gasteiger partial charge in [-0.1, -0.05) is 12.1 Å². The zero-order valence-electron chi connectivity index (χ0n) is 17.5. The predicted octanol–water partition coefficient (Wildman–Crippen LogP) is 3.95. The van der Waals surface area contributed by atoms with Crippen molar-refractivity contribution in [1.29, 1.82) is 0 Å². The Morgan fingerprint density at radius 2 is 1.81 bits per heavy atom. The molecule has 0 fully saturated rings. The molecule has 0 bridgehead atoms. The lowest BCUT2D eigenvalue weighted by molar-refractivity contribution is -0.384. The first-order valence-electron chi connectivity index (χ1n) is 9.52. The van der Waals surface area contributed by atoms with Crippen molar-refractivity contribution in [2.24, 2.45) is 5.10 Å². The lowest BCUT2D eigenvalue weighted by Gasteiger charge is -2.09. The van der Waals surface area contributed by atoms with E-state index in [-0.39, 0.29) is 12.3 Å². The van der Waals surface area contributed by atoms with Gasteiger partial charge >= 0.3 is 0 Å².